The average molecular weight is 371 g/mol. The van der Waals surface area contributed by atoms with E-state index in [0.29, 0.717) is 15.9 Å². The summed E-state index contributed by atoms with van der Waals surface area (Å²) >= 11 is 9.47. The molecule has 0 bridgehead atoms. The van der Waals surface area contributed by atoms with Gasteiger partial charge in [-0.15, -0.1) is 0 Å². The molecule has 4 nitrogen and oxygen atoms in total. The van der Waals surface area contributed by atoms with Crippen LogP contribution < -0.4 is 4.74 Å². The number of hydrogen-bond acceptors (Lipinski definition) is 3. The minimum atomic E-state index is -0.451. The number of para-hydroxylation sites is 1. The molecule has 0 spiro atoms. The van der Waals surface area contributed by atoms with Crippen molar-refractivity contribution in [1.29, 1.82) is 0 Å². The first-order chi connectivity index (χ1) is 10.0. The van der Waals surface area contributed by atoms with Crippen molar-refractivity contribution in [3.8, 4) is 5.75 Å². The van der Waals surface area contributed by atoms with Crippen molar-refractivity contribution in [2.45, 2.75) is 18.9 Å². The van der Waals surface area contributed by atoms with Gasteiger partial charge in [-0.05, 0) is 18.6 Å². The maximum Gasteiger partial charge on any atom is 0.277 e. The standard InChI is InChI=1S/C15H13BrClNO3/c1-10-4-2-5-11(8-16)15(10)21-9-12-13(17)6-3-7-14(12)18(19)20/h2-7H,8-9H2,1H3. The predicted molar refractivity (Wildman–Crippen MR) is 86.2 cm³/mol. The van der Waals surface area contributed by atoms with E-state index in [1.807, 2.05) is 25.1 Å². The Hall–Kier alpha value is -1.59. The normalized spacial score (nSPS) is 10.4. The minimum absolute atomic E-state index is 0.0310. The average Bonchev–Trinajstić information content (AvgIpc) is 2.46. The van der Waals surface area contributed by atoms with E-state index in [0.717, 1.165) is 16.9 Å². The molecule has 0 saturated carbocycles. The van der Waals surface area contributed by atoms with Crippen LogP contribution in [0.4, 0.5) is 5.69 Å². The van der Waals surface area contributed by atoms with Crippen LogP contribution >= 0.6 is 27.5 Å². The van der Waals surface area contributed by atoms with Crippen LogP contribution in [-0.4, -0.2) is 4.92 Å². The lowest BCUT2D eigenvalue weighted by Gasteiger charge is -2.13. The highest BCUT2D eigenvalue weighted by atomic mass is 79.9. The van der Waals surface area contributed by atoms with Crippen LogP contribution in [0.15, 0.2) is 36.4 Å². The summed E-state index contributed by atoms with van der Waals surface area (Å²) in [7, 11) is 0. The van der Waals surface area contributed by atoms with Crippen molar-refractivity contribution >= 4 is 33.2 Å². The summed E-state index contributed by atoms with van der Waals surface area (Å²) < 4.78 is 5.80. The van der Waals surface area contributed by atoms with Crippen LogP contribution in [0.25, 0.3) is 0 Å². The lowest BCUT2D eigenvalue weighted by molar-refractivity contribution is -0.385. The van der Waals surface area contributed by atoms with E-state index in [1.54, 1.807) is 12.1 Å². The molecule has 2 aromatic carbocycles. The third-order valence-electron chi connectivity index (χ3n) is 3.09. The summed E-state index contributed by atoms with van der Waals surface area (Å²) in [5.41, 5.74) is 2.32. The highest BCUT2D eigenvalue weighted by Crippen LogP contribution is 2.30. The van der Waals surface area contributed by atoms with Crippen LogP contribution in [0, 0.1) is 17.0 Å². The Morgan fingerprint density at radius 1 is 1.29 bits per heavy atom. The Balaban J connectivity index is 2.31. The summed E-state index contributed by atoms with van der Waals surface area (Å²) in [5, 5.41) is 12.0. The van der Waals surface area contributed by atoms with E-state index in [2.05, 4.69) is 15.9 Å². The Labute approximate surface area is 136 Å². The van der Waals surface area contributed by atoms with Crippen molar-refractivity contribution in [3.05, 3.63) is 68.2 Å². The molecule has 0 saturated heterocycles. The smallest absolute Gasteiger partial charge is 0.277 e. The molecule has 0 fully saturated rings. The van der Waals surface area contributed by atoms with Crippen molar-refractivity contribution < 1.29 is 9.66 Å². The lowest BCUT2D eigenvalue weighted by atomic mass is 10.1. The monoisotopic (exact) mass is 369 g/mol. The molecular weight excluding hydrogens is 358 g/mol. The molecule has 110 valence electrons. The first-order valence-electron chi connectivity index (χ1n) is 6.23. The van der Waals surface area contributed by atoms with E-state index in [-0.39, 0.29) is 12.3 Å². The molecule has 0 aliphatic carbocycles. The fourth-order valence-electron chi connectivity index (χ4n) is 2.03. The van der Waals surface area contributed by atoms with Crippen LogP contribution in [0.1, 0.15) is 16.7 Å². The zero-order valence-electron chi connectivity index (χ0n) is 11.3. The molecule has 0 aliphatic heterocycles. The van der Waals surface area contributed by atoms with Crippen LogP contribution in [-0.2, 0) is 11.9 Å². The molecule has 6 heteroatoms. The van der Waals surface area contributed by atoms with Gasteiger partial charge < -0.3 is 4.74 Å². The van der Waals surface area contributed by atoms with Gasteiger partial charge in [-0.2, -0.15) is 0 Å². The summed E-state index contributed by atoms with van der Waals surface area (Å²) in [5.74, 6) is 0.726. The summed E-state index contributed by atoms with van der Waals surface area (Å²) in [6, 6.07) is 10.4. The molecule has 0 N–H and O–H groups in total. The fraction of sp³-hybridized carbons (Fsp3) is 0.200. The van der Waals surface area contributed by atoms with Gasteiger partial charge in [0.2, 0.25) is 0 Å². The summed E-state index contributed by atoms with van der Waals surface area (Å²) in [6.45, 7) is 1.99. The highest BCUT2D eigenvalue weighted by Gasteiger charge is 2.18. The zero-order valence-corrected chi connectivity index (χ0v) is 13.6. The Morgan fingerprint density at radius 3 is 2.67 bits per heavy atom. The minimum Gasteiger partial charge on any atom is -0.488 e. The molecule has 0 atom stereocenters. The number of rotatable bonds is 5. The number of benzene rings is 2. The third-order valence-corrected chi connectivity index (χ3v) is 4.05. The highest BCUT2D eigenvalue weighted by molar-refractivity contribution is 9.08. The number of alkyl halides is 1. The van der Waals surface area contributed by atoms with Gasteiger partial charge in [0, 0.05) is 17.0 Å². The molecule has 21 heavy (non-hydrogen) atoms. The molecule has 0 amide bonds. The van der Waals surface area contributed by atoms with Gasteiger partial charge >= 0.3 is 0 Å². The van der Waals surface area contributed by atoms with Crippen LogP contribution in [0.5, 0.6) is 5.75 Å². The maximum atomic E-state index is 11.1. The van der Waals surface area contributed by atoms with E-state index in [1.165, 1.54) is 6.07 Å². The Kier molecular flexibility index (Phi) is 5.20. The lowest BCUT2D eigenvalue weighted by Crippen LogP contribution is -2.03. The van der Waals surface area contributed by atoms with E-state index in [4.69, 9.17) is 16.3 Å². The molecule has 0 radical (unpaired) electrons. The predicted octanol–water partition coefficient (Wildman–Crippen LogP) is 5.03. The molecular formula is C15H13BrClNO3. The number of ether oxygens (including phenoxy) is 1. The largest absolute Gasteiger partial charge is 0.488 e. The number of aryl methyl sites for hydroxylation is 1. The topological polar surface area (TPSA) is 52.4 Å². The van der Waals surface area contributed by atoms with Crippen molar-refractivity contribution in [3.63, 3.8) is 0 Å². The number of nitrogens with zero attached hydrogens (tertiary/aromatic N) is 1. The number of hydrogen-bond donors (Lipinski definition) is 0. The zero-order chi connectivity index (χ0) is 15.4. The van der Waals surface area contributed by atoms with Gasteiger partial charge in [0.15, 0.2) is 0 Å². The second-order valence-corrected chi connectivity index (χ2v) is 5.45. The third kappa shape index (κ3) is 3.54. The number of nitro groups is 1. The van der Waals surface area contributed by atoms with Crippen molar-refractivity contribution in [2.75, 3.05) is 0 Å². The second-order valence-electron chi connectivity index (χ2n) is 4.48. The number of halogens is 2. The van der Waals surface area contributed by atoms with Gasteiger partial charge in [-0.1, -0.05) is 51.8 Å². The summed E-state index contributed by atoms with van der Waals surface area (Å²) in [6.07, 6.45) is 0. The van der Waals surface area contributed by atoms with E-state index >= 15 is 0 Å². The Morgan fingerprint density at radius 2 is 2.00 bits per heavy atom. The van der Waals surface area contributed by atoms with Crippen LogP contribution in [0.2, 0.25) is 5.02 Å². The van der Waals surface area contributed by atoms with Crippen LogP contribution in [0.3, 0.4) is 0 Å². The van der Waals surface area contributed by atoms with Gasteiger partial charge in [-0.25, -0.2) is 0 Å². The summed E-state index contributed by atoms with van der Waals surface area (Å²) in [4.78, 5) is 10.6. The van der Waals surface area contributed by atoms with E-state index < -0.39 is 4.92 Å². The SMILES string of the molecule is Cc1cccc(CBr)c1OCc1c(Cl)cccc1[N+](=O)[O-]. The van der Waals surface area contributed by atoms with E-state index in [9.17, 15) is 10.1 Å². The quantitative estimate of drug-likeness (QED) is 0.421. The fourth-order valence-corrected chi connectivity index (χ4v) is 2.70. The van der Waals surface area contributed by atoms with Crippen molar-refractivity contribution in [1.82, 2.24) is 0 Å². The molecule has 2 aromatic rings. The van der Waals surface area contributed by atoms with Gasteiger partial charge in [0.05, 0.1) is 15.5 Å². The molecule has 0 heterocycles. The molecule has 0 unspecified atom stereocenters. The van der Waals surface area contributed by atoms with Gasteiger partial charge in [0.25, 0.3) is 5.69 Å². The number of nitro benzene ring substituents is 1. The second kappa shape index (κ2) is 6.91. The Bertz CT molecular complexity index is 676. The molecule has 2 rings (SSSR count). The molecule has 0 aromatic heterocycles. The molecule has 0 aliphatic rings. The van der Waals surface area contributed by atoms with Gasteiger partial charge in [-0.3, -0.25) is 10.1 Å². The van der Waals surface area contributed by atoms with Gasteiger partial charge in [0.1, 0.15) is 12.4 Å². The van der Waals surface area contributed by atoms with Crippen molar-refractivity contribution in [2.24, 2.45) is 0 Å². The maximum absolute atomic E-state index is 11.1. The first-order valence-corrected chi connectivity index (χ1v) is 7.73. The first kappa shape index (κ1) is 15.8.